The lowest BCUT2D eigenvalue weighted by Crippen LogP contribution is -2.22. The number of fused-ring (bicyclic) bond motifs is 1. The van der Waals surface area contributed by atoms with Crippen molar-refractivity contribution in [3.8, 4) is 17.5 Å². The van der Waals surface area contributed by atoms with Gasteiger partial charge in [-0.15, -0.1) is 0 Å². The molecule has 0 saturated heterocycles. The summed E-state index contributed by atoms with van der Waals surface area (Å²) >= 11 is 0. The Morgan fingerprint density at radius 1 is 1.26 bits per heavy atom. The van der Waals surface area contributed by atoms with Crippen LogP contribution >= 0.6 is 0 Å². The maximum absolute atomic E-state index is 12.8. The van der Waals surface area contributed by atoms with E-state index >= 15 is 0 Å². The highest BCUT2D eigenvalue weighted by Crippen LogP contribution is 2.29. The highest BCUT2D eigenvalue weighted by atomic mass is 16.3. The summed E-state index contributed by atoms with van der Waals surface area (Å²) in [5, 5.41) is 13.2. The van der Waals surface area contributed by atoms with E-state index in [4.69, 9.17) is 4.42 Å². The molecule has 0 aliphatic carbocycles. The van der Waals surface area contributed by atoms with Gasteiger partial charge in [0, 0.05) is 11.5 Å². The van der Waals surface area contributed by atoms with E-state index in [1.54, 1.807) is 0 Å². The second-order valence-corrected chi connectivity index (χ2v) is 6.16. The fourth-order valence-corrected chi connectivity index (χ4v) is 2.64. The first-order valence-electron chi connectivity index (χ1n) is 7.58. The van der Waals surface area contributed by atoms with Crippen LogP contribution in [0.2, 0.25) is 0 Å². The summed E-state index contributed by atoms with van der Waals surface area (Å²) in [5.74, 6) is 1.69. The van der Waals surface area contributed by atoms with Crippen molar-refractivity contribution in [2.75, 3.05) is 0 Å². The summed E-state index contributed by atoms with van der Waals surface area (Å²) in [6.07, 6.45) is 1.39. The van der Waals surface area contributed by atoms with Gasteiger partial charge in [-0.1, -0.05) is 27.7 Å². The van der Waals surface area contributed by atoms with Crippen molar-refractivity contribution in [1.82, 2.24) is 14.6 Å². The van der Waals surface area contributed by atoms with Gasteiger partial charge in [0.05, 0.1) is 11.9 Å². The first-order chi connectivity index (χ1) is 10.9. The van der Waals surface area contributed by atoms with Gasteiger partial charge in [0.1, 0.15) is 17.4 Å². The largest absolute Gasteiger partial charge is 0.459 e. The number of aromatic amines is 1. The lowest BCUT2D eigenvalue weighted by molar-refractivity contribution is 0.496. The predicted molar refractivity (Wildman–Crippen MR) is 86.4 cm³/mol. The molecule has 6 heteroatoms. The first kappa shape index (κ1) is 15.1. The van der Waals surface area contributed by atoms with E-state index in [0.29, 0.717) is 28.2 Å². The van der Waals surface area contributed by atoms with Crippen LogP contribution in [-0.4, -0.2) is 14.6 Å². The molecule has 0 fully saturated rings. The smallest absolute Gasteiger partial charge is 0.278 e. The number of rotatable bonds is 3. The van der Waals surface area contributed by atoms with Crippen molar-refractivity contribution in [2.24, 2.45) is 0 Å². The van der Waals surface area contributed by atoms with Gasteiger partial charge in [0.25, 0.3) is 5.56 Å². The predicted octanol–water partition coefficient (Wildman–Crippen LogP) is 3.40. The number of nitriles is 1. The molecule has 0 amide bonds. The van der Waals surface area contributed by atoms with Crippen LogP contribution in [0.15, 0.2) is 27.5 Å². The van der Waals surface area contributed by atoms with E-state index in [1.165, 1.54) is 10.7 Å². The first-order valence-corrected chi connectivity index (χ1v) is 7.58. The second kappa shape index (κ2) is 5.43. The van der Waals surface area contributed by atoms with Crippen LogP contribution in [0.25, 0.3) is 17.1 Å². The highest BCUT2D eigenvalue weighted by molar-refractivity contribution is 5.64. The maximum atomic E-state index is 12.8. The minimum atomic E-state index is -0.229. The molecular weight excluding hydrogens is 292 g/mol. The zero-order valence-corrected chi connectivity index (χ0v) is 13.5. The summed E-state index contributed by atoms with van der Waals surface area (Å²) in [7, 11) is 0. The SMILES string of the molecule is CC(C)c1ccc(-c2[nH]c3c(C#N)cnn3c(=O)c2C(C)C)o1. The molecule has 0 saturated carbocycles. The molecule has 6 nitrogen and oxygen atoms in total. The molecule has 23 heavy (non-hydrogen) atoms. The molecule has 0 aliphatic rings. The molecule has 0 aromatic carbocycles. The number of aromatic nitrogens is 3. The van der Waals surface area contributed by atoms with Crippen LogP contribution in [0.1, 0.15) is 56.4 Å². The van der Waals surface area contributed by atoms with Crippen LogP contribution in [-0.2, 0) is 0 Å². The van der Waals surface area contributed by atoms with Crippen LogP contribution in [0.5, 0.6) is 0 Å². The molecule has 0 aliphatic heterocycles. The van der Waals surface area contributed by atoms with Crippen LogP contribution in [0.4, 0.5) is 0 Å². The van der Waals surface area contributed by atoms with E-state index in [-0.39, 0.29) is 17.4 Å². The Bertz CT molecular complexity index is 967. The number of furan rings is 1. The summed E-state index contributed by atoms with van der Waals surface area (Å²) in [5.41, 5.74) is 1.69. The lowest BCUT2D eigenvalue weighted by atomic mass is 10.0. The Kier molecular flexibility index (Phi) is 3.57. The van der Waals surface area contributed by atoms with Crippen LogP contribution < -0.4 is 5.56 Å². The second-order valence-electron chi connectivity index (χ2n) is 6.16. The fraction of sp³-hybridized carbons (Fsp3) is 0.353. The van der Waals surface area contributed by atoms with E-state index < -0.39 is 0 Å². The minimum absolute atomic E-state index is 0.0134. The van der Waals surface area contributed by atoms with Gasteiger partial charge in [0.2, 0.25) is 0 Å². The monoisotopic (exact) mass is 310 g/mol. The molecule has 0 spiro atoms. The van der Waals surface area contributed by atoms with Gasteiger partial charge >= 0.3 is 0 Å². The Hall–Kier alpha value is -2.81. The van der Waals surface area contributed by atoms with Gasteiger partial charge in [0.15, 0.2) is 11.4 Å². The van der Waals surface area contributed by atoms with Crippen molar-refractivity contribution in [2.45, 2.75) is 39.5 Å². The summed E-state index contributed by atoms with van der Waals surface area (Å²) in [4.78, 5) is 15.9. The third-order valence-corrected chi connectivity index (χ3v) is 3.84. The quantitative estimate of drug-likeness (QED) is 0.803. The van der Waals surface area contributed by atoms with Gasteiger partial charge in [-0.3, -0.25) is 4.79 Å². The van der Waals surface area contributed by atoms with Gasteiger partial charge < -0.3 is 9.40 Å². The average Bonchev–Trinajstić information content (AvgIpc) is 3.13. The van der Waals surface area contributed by atoms with Crippen molar-refractivity contribution in [3.63, 3.8) is 0 Å². The maximum Gasteiger partial charge on any atom is 0.278 e. The zero-order valence-electron chi connectivity index (χ0n) is 13.5. The highest BCUT2D eigenvalue weighted by Gasteiger charge is 2.21. The van der Waals surface area contributed by atoms with Crippen molar-refractivity contribution in [1.29, 1.82) is 5.26 Å². The normalized spacial score (nSPS) is 11.5. The molecule has 118 valence electrons. The lowest BCUT2D eigenvalue weighted by Gasteiger charge is -2.11. The summed E-state index contributed by atoms with van der Waals surface area (Å²) in [6, 6.07) is 5.81. The molecule has 3 heterocycles. The molecule has 1 N–H and O–H groups in total. The molecule has 3 aromatic heterocycles. The molecule has 0 bridgehead atoms. The third kappa shape index (κ3) is 2.34. The third-order valence-electron chi connectivity index (χ3n) is 3.84. The van der Waals surface area contributed by atoms with Gasteiger partial charge in [-0.2, -0.15) is 14.9 Å². The van der Waals surface area contributed by atoms with Crippen molar-refractivity contribution >= 4 is 5.65 Å². The molecule has 0 radical (unpaired) electrons. The van der Waals surface area contributed by atoms with E-state index in [0.717, 1.165) is 5.76 Å². The van der Waals surface area contributed by atoms with Crippen molar-refractivity contribution in [3.05, 3.63) is 45.6 Å². The molecule has 3 aromatic rings. The van der Waals surface area contributed by atoms with E-state index in [9.17, 15) is 10.1 Å². The molecule has 3 rings (SSSR count). The Morgan fingerprint density at radius 3 is 2.57 bits per heavy atom. The van der Waals surface area contributed by atoms with E-state index in [1.807, 2.05) is 45.9 Å². The standard InChI is InChI=1S/C17H18N4O2/c1-9(2)12-5-6-13(23-12)15-14(10(3)4)17(22)21-16(20-15)11(7-18)8-19-21/h5-6,8-10,20H,1-4H3. The number of H-pyrrole nitrogens is 1. The van der Waals surface area contributed by atoms with E-state index in [2.05, 4.69) is 10.1 Å². The molecule has 0 unspecified atom stereocenters. The van der Waals surface area contributed by atoms with Crippen LogP contribution in [0.3, 0.4) is 0 Å². The van der Waals surface area contributed by atoms with Crippen LogP contribution in [0, 0.1) is 11.3 Å². The number of hydrogen-bond donors (Lipinski definition) is 1. The Balaban J connectivity index is 2.35. The zero-order chi connectivity index (χ0) is 16.7. The molecular formula is C17H18N4O2. The van der Waals surface area contributed by atoms with Gasteiger partial charge in [-0.05, 0) is 18.1 Å². The number of nitrogens with one attached hydrogen (secondary N) is 1. The number of nitrogens with zero attached hydrogens (tertiary/aromatic N) is 3. The van der Waals surface area contributed by atoms with Crippen molar-refractivity contribution < 1.29 is 4.42 Å². The fourth-order valence-electron chi connectivity index (χ4n) is 2.64. The Labute approximate surface area is 133 Å². The number of hydrogen-bond acceptors (Lipinski definition) is 4. The molecule has 0 atom stereocenters. The minimum Gasteiger partial charge on any atom is -0.459 e. The Morgan fingerprint density at radius 2 is 2.00 bits per heavy atom. The summed E-state index contributed by atoms with van der Waals surface area (Å²) in [6.45, 7) is 7.98. The van der Waals surface area contributed by atoms with Gasteiger partial charge in [-0.25, -0.2) is 0 Å². The summed E-state index contributed by atoms with van der Waals surface area (Å²) < 4.78 is 7.13. The average molecular weight is 310 g/mol. The topological polar surface area (TPSA) is 87.1 Å².